The highest BCUT2D eigenvalue weighted by Crippen LogP contribution is 2.20. The van der Waals surface area contributed by atoms with Crippen LogP contribution in [0.1, 0.15) is 38.3 Å². The van der Waals surface area contributed by atoms with Crippen molar-refractivity contribution in [3.63, 3.8) is 0 Å². The van der Waals surface area contributed by atoms with Crippen LogP contribution in [0, 0.1) is 17.2 Å². The van der Waals surface area contributed by atoms with Crippen molar-refractivity contribution >= 4 is 0 Å². The third-order valence-corrected chi connectivity index (χ3v) is 2.72. The average molecular weight is 247 g/mol. The van der Waals surface area contributed by atoms with Gasteiger partial charge in [0, 0.05) is 0 Å². The van der Waals surface area contributed by atoms with Crippen LogP contribution >= 0.6 is 0 Å². The Labute approximate surface area is 109 Å². The van der Waals surface area contributed by atoms with Crippen molar-refractivity contribution in [2.45, 2.75) is 39.9 Å². The van der Waals surface area contributed by atoms with Crippen molar-refractivity contribution in [2.75, 3.05) is 7.11 Å². The van der Waals surface area contributed by atoms with E-state index in [-0.39, 0.29) is 6.10 Å². The fraction of sp³-hybridized carbons (Fsp3) is 0.533. The Kier molecular flexibility index (Phi) is 5.67. The van der Waals surface area contributed by atoms with Gasteiger partial charge in [-0.1, -0.05) is 19.9 Å². The smallest absolute Gasteiger partial charge is 0.136 e. The largest absolute Gasteiger partial charge is 0.495 e. The van der Waals surface area contributed by atoms with Crippen LogP contribution < -0.4 is 4.74 Å². The van der Waals surface area contributed by atoms with Crippen LogP contribution in [0.4, 0.5) is 0 Å². The van der Waals surface area contributed by atoms with Crippen molar-refractivity contribution in [1.82, 2.24) is 0 Å². The van der Waals surface area contributed by atoms with Gasteiger partial charge in [0.25, 0.3) is 0 Å². The predicted octanol–water partition coefficient (Wildman–Crippen LogP) is 3.52. The van der Waals surface area contributed by atoms with Crippen LogP contribution in [-0.2, 0) is 11.3 Å². The molecule has 0 aliphatic heterocycles. The molecule has 18 heavy (non-hydrogen) atoms. The zero-order valence-corrected chi connectivity index (χ0v) is 11.6. The molecule has 0 aliphatic rings. The Morgan fingerprint density at radius 3 is 2.56 bits per heavy atom. The molecule has 0 bridgehead atoms. The lowest BCUT2D eigenvalue weighted by molar-refractivity contribution is 0.0396. The van der Waals surface area contributed by atoms with E-state index in [0.717, 1.165) is 12.0 Å². The second kappa shape index (κ2) is 7.03. The van der Waals surface area contributed by atoms with E-state index >= 15 is 0 Å². The van der Waals surface area contributed by atoms with Crippen LogP contribution in [0.25, 0.3) is 0 Å². The van der Waals surface area contributed by atoms with Crippen molar-refractivity contribution < 1.29 is 9.47 Å². The number of hydrogen-bond donors (Lipinski definition) is 0. The van der Waals surface area contributed by atoms with Gasteiger partial charge in [-0.05, 0) is 37.0 Å². The first-order valence-corrected chi connectivity index (χ1v) is 6.25. The zero-order valence-electron chi connectivity index (χ0n) is 11.6. The highest BCUT2D eigenvalue weighted by atomic mass is 16.5. The lowest BCUT2D eigenvalue weighted by Crippen LogP contribution is -2.11. The van der Waals surface area contributed by atoms with E-state index in [0.29, 0.717) is 23.8 Å². The summed E-state index contributed by atoms with van der Waals surface area (Å²) in [4.78, 5) is 0. The summed E-state index contributed by atoms with van der Waals surface area (Å²) in [7, 11) is 1.57. The van der Waals surface area contributed by atoms with E-state index in [4.69, 9.17) is 14.7 Å². The van der Waals surface area contributed by atoms with Gasteiger partial charge in [0.1, 0.15) is 11.8 Å². The fourth-order valence-corrected chi connectivity index (χ4v) is 1.89. The molecule has 1 atom stereocenters. The summed E-state index contributed by atoms with van der Waals surface area (Å²) in [6, 6.07) is 7.64. The van der Waals surface area contributed by atoms with Gasteiger partial charge in [-0.25, -0.2) is 0 Å². The Balaban J connectivity index is 2.61. The Bertz CT molecular complexity index is 421. The van der Waals surface area contributed by atoms with Gasteiger partial charge in [-0.15, -0.1) is 0 Å². The first-order chi connectivity index (χ1) is 8.56. The van der Waals surface area contributed by atoms with Crippen molar-refractivity contribution in [1.29, 1.82) is 5.26 Å². The summed E-state index contributed by atoms with van der Waals surface area (Å²) in [6.07, 6.45) is 1.29. The van der Waals surface area contributed by atoms with Gasteiger partial charge in [0.05, 0.1) is 25.4 Å². The van der Waals surface area contributed by atoms with Gasteiger partial charge in [-0.2, -0.15) is 5.26 Å². The first-order valence-electron chi connectivity index (χ1n) is 6.25. The molecule has 0 spiro atoms. The molecule has 98 valence electrons. The Hall–Kier alpha value is -1.53. The molecule has 0 aromatic heterocycles. The molecule has 1 aromatic rings. The van der Waals surface area contributed by atoms with Crippen LogP contribution in [0.5, 0.6) is 5.75 Å². The van der Waals surface area contributed by atoms with Crippen molar-refractivity contribution in [3.05, 3.63) is 29.3 Å². The summed E-state index contributed by atoms with van der Waals surface area (Å²) in [5, 5.41) is 8.90. The predicted molar refractivity (Wildman–Crippen MR) is 71.4 cm³/mol. The summed E-state index contributed by atoms with van der Waals surface area (Å²) in [5.41, 5.74) is 1.58. The number of methoxy groups -OCH3 is 1. The number of ether oxygens (including phenoxy) is 2. The molecule has 1 unspecified atom stereocenters. The molecule has 1 rings (SSSR count). The molecule has 1 aromatic carbocycles. The number of rotatable bonds is 6. The number of hydrogen-bond acceptors (Lipinski definition) is 3. The maximum absolute atomic E-state index is 8.90. The molecular weight excluding hydrogens is 226 g/mol. The number of nitrogens with zero attached hydrogens (tertiary/aromatic N) is 1. The summed E-state index contributed by atoms with van der Waals surface area (Å²) in [5.74, 6) is 1.24. The lowest BCUT2D eigenvalue weighted by atomic mass is 10.1. The molecule has 0 aliphatic carbocycles. The second-order valence-electron chi connectivity index (χ2n) is 4.90. The van der Waals surface area contributed by atoms with E-state index in [9.17, 15) is 0 Å². The van der Waals surface area contributed by atoms with E-state index in [1.165, 1.54) is 0 Å². The molecule has 0 N–H and O–H groups in total. The van der Waals surface area contributed by atoms with E-state index in [1.807, 2.05) is 12.1 Å². The molecular formula is C15H21NO2. The lowest BCUT2D eigenvalue weighted by Gasteiger charge is -2.15. The SMILES string of the molecule is COc1cc(COC(C)CC(C)C)ccc1C#N. The molecule has 0 saturated carbocycles. The van der Waals surface area contributed by atoms with E-state index in [2.05, 4.69) is 26.8 Å². The maximum Gasteiger partial charge on any atom is 0.136 e. The third kappa shape index (κ3) is 4.38. The fourth-order valence-electron chi connectivity index (χ4n) is 1.89. The zero-order chi connectivity index (χ0) is 13.5. The summed E-state index contributed by atoms with van der Waals surface area (Å²) < 4.78 is 10.9. The summed E-state index contributed by atoms with van der Waals surface area (Å²) in [6.45, 7) is 7.01. The standard InChI is InChI=1S/C15H21NO2/c1-11(2)7-12(3)18-10-13-5-6-14(9-16)15(8-13)17-4/h5-6,8,11-12H,7,10H2,1-4H3. The minimum atomic E-state index is 0.242. The Morgan fingerprint density at radius 1 is 1.28 bits per heavy atom. The van der Waals surface area contributed by atoms with Gasteiger partial charge >= 0.3 is 0 Å². The van der Waals surface area contributed by atoms with Gasteiger partial charge in [-0.3, -0.25) is 0 Å². The molecule has 0 fully saturated rings. The quantitative estimate of drug-likeness (QED) is 0.772. The molecule has 3 nitrogen and oxygen atoms in total. The molecule has 0 saturated heterocycles. The van der Waals surface area contributed by atoms with Crippen LogP contribution in [-0.4, -0.2) is 13.2 Å². The Morgan fingerprint density at radius 2 is 2.00 bits per heavy atom. The van der Waals surface area contributed by atoms with Gasteiger partial charge in [0.2, 0.25) is 0 Å². The van der Waals surface area contributed by atoms with Gasteiger partial charge in [0.15, 0.2) is 0 Å². The minimum Gasteiger partial charge on any atom is -0.495 e. The first kappa shape index (κ1) is 14.5. The van der Waals surface area contributed by atoms with Crippen LogP contribution in [0.15, 0.2) is 18.2 Å². The van der Waals surface area contributed by atoms with E-state index in [1.54, 1.807) is 13.2 Å². The van der Waals surface area contributed by atoms with Gasteiger partial charge < -0.3 is 9.47 Å². The molecule has 0 heterocycles. The van der Waals surface area contributed by atoms with Crippen molar-refractivity contribution in [2.24, 2.45) is 5.92 Å². The molecule has 0 amide bonds. The highest BCUT2D eigenvalue weighted by Gasteiger charge is 2.07. The maximum atomic E-state index is 8.90. The second-order valence-corrected chi connectivity index (χ2v) is 4.90. The van der Waals surface area contributed by atoms with Crippen molar-refractivity contribution in [3.8, 4) is 11.8 Å². The monoisotopic (exact) mass is 247 g/mol. The van der Waals surface area contributed by atoms with Crippen LogP contribution in [0.3, 0.4) is 0 Å². The van der Waals surface area contributed by atoms with Crippen LogP contribution in [0.2, 0.25) is 0 Å². The van der Waals surface area contributed by atoms with E-state index < -0.39 is 0 Å². The minimum absolute atomic E-state index is 0.242. The number of benzene rings is 1. The normalized spacial score (nSPS) is 12.2. The molecule has 0 radical (unpaired) electrons. The average Bonchev–Trinajstić information content (AvgIpc) is 2.35. The number of nitriles is 1. The highest BCUT2D eigenvalue weighted by molar-refractivity contribution is 5.45. The third-order valence-electron chi connectivity index (χ3n) is 2.72. The topological polar surface area (TPSA) is 42.2 Å². The molecule has 3 heteroatoms. The summed E-state index contributed by atoms with van der Waals surface area (Å²) >= 11 is 0.